The van der Waals surface area contributed by atoms with Crippen molar-refractivity contribution in [2.75, 3.05) is 7.11 Å². The van der Waals surface area contributed by atoms with Crippen molar-refractivity contribution < 1.29 is 4.74 Å². The number of methoxy groups -OCH3 is 1. The van der Waals surface area contributed by atoms with Gasteiger partial charge < -0.3 is 4.74 Å². The van der Waals surface area contributed by atoms with Crippen molar-refractivity contribution in [1.29, 1.82) is 0 Å². The van der Waals surface area contributed by atoms with Crippen LogP contribution in [0.15, 0.2) is 48.5 Å². The molecular formula is C19H22O. The van der Waals surface area contributed by atoms with Crippen molar-refractivity contribution in [1.82, 2.24) is 0 Å². The van der Waals surface area contributed by atoms with Crippen molar-refractivity contribution in [3.63, 3.8) is 0 Å². The van der Waals surface area contributed by atoms with E-state index in [9.17, 15) is 0 Å². The maximum atomic E-state index is 5.34. The van der Waals surface area contributed by atoms with Gasteiger partial charge in [-0.05, 0) is 66.8 Å². The molecule has 0 bridgehead atoms. The summed E-state index contributed by atoms with van der Waals surface area (Å²) in [6, 6.07) is 17.5. The molecule has 1 heteroatoms. The van der Waals surface area contributed by atoms with Gasteiger partial charge in [0, 0.05) is 0 Å². The smallest absolute Gasteiger partial charge is 0.119 e. The van der Waals surface area contributed by atoms with Crippen molar-refractivity contribution in [3.05, 3.63) is 65.2 Å². The molecule has 0 aromatic heterocycles. The van der Waals surface area contributed by atoms with Crippen LogP contribution >= 0.6 is 0 Å². The van der Waals surface area contributed by atoms with Gasteiger partial charge in [-0.1, -0.05) is 36.4 Å². The molecule has 1 nitrogen and oxygen atoms in total. The van der Waals surface area contributed by atoms with Crippen LogP contribution in [0.4, 0.5) is 0 Å². The number of rotatable bonds is 3. The lowest BCUT2D eigenvalue weighted by Crippen LogP contribution is -2.07. The van der Waals surface area contributed by atoms with Gasteiger partial charge in [-0.3, -0.25) is 0 Å². The minimum Gasteiger partial charge on any atom is -0.497 e. The Bertz CT molecular complexity index is 559. The zero-order valence-corrected chi connectivity index (χ0v) is 12.1. The first-order valence-corrected chi connectivity index (χ1v) is 7.55. The molecule has 104 valence electrons. The minimum atomic E-state index is 0.770. The summed E-state index contributed by atoms with van der Waals surface area (Å²) in [4.78, 5) is 0. The van der Waals surface area contributed by atoms with Crippen LogP contribution < -0.4 is 4.74 Å². The van der Waals surface area contributed by atoms with E-state index in [-0.39, 0.29) is 0 Å². The zero-order valence-electron chi connectivity index (χ0n) is 12.1. The highest BCUT2D eigenvalue weighted by Gasteiger charge is 2.17. The summed E-state index contributed by atoms with van der Waals surface area (Å²) in [5.41, 5.74) is 4.47. The molecule has 1 aliphatic carbocycles. The Kier molecular flexibility index (Phi) is 4.05. The van der Waals surface area contributed by atoms with E-state index in [1.807, 2.05) is 0 Å². The summed E-state index contributed by atoms with van der Waals surface area (Å²) >= 11 is 0. The molecule has 0 aliphatic heterocycles. The van der Waals surface area contributed by atoms with Crippen molar-refractivity contribution in [2.24, 2.45) is 5.92 Å². The van der Waals surface area contributed by atoms with Crippen LogP contribution in [0.3, 0.4) is 0 Å². The van der Waals surface area contributed by atoms with E-state index in [4.69, 9.17) is 4.74 Å². The first-order valence-electron chi connectivity index (χ1n) is 7.55. The first-order chi connectivity index (χ1) is 9.85. The average Bonchev–Trinajstić information content (AvgIpc) is 2.69. The van der Waals surface area contributed by atoms with Gasteiger partial charge in [-0.2, -0.15) is 0 Å². The van der Waals surface area contributed by atoms with Crippen molar-refractivity contribution in [3.8, 4) is 5.75 Å². The molecule has 2 aromatic rings. The van der Waals surface area contributed by atoms with E-state index in [0.29, 0.717) is 0 Å². The van der Waals surface area contributed by atoms with Gasteiger partial charge in [-0.25, -0.2) is 0 Å². The van der Waals surface area contributed by atoms with Crippen LogP contribution in [0.5, 0.6) is 5.75 Å². The predicted molar refractivity (Wildman–Crippen MR) is 83.3 cm³/mol. The van der Waals surface area contributed by atoms with E-state index in [1.165, 1.54) is 48.8 Å². The van der Waals surface area contributed by atoms with Crippen LogP contribution in [0.25, 0.3) is 0 Å². The van der Waals surface area contributed by atoms with E-state index in [0.717, 1.165) is 11.7 Å². The summed E-state index contributed by atoms with van der Waals surface area (Å²) in [5.74, 6) is 1.76. The molecule has 1 aliphatic rings. The lowest BCUT2D eigenvalue weighted by atomic mass is 9.90. The quantitative estimate of drug-likeness (QED) is 0.747. The topological polar surface area (TPSA) is 9.23 Å². The SMILES string of the molecule is COc1ccc2c(c1)CCCC(Cc1ccccc1)C2. The molecule has 20 heavy (non-hydrogen) atoms. The minimum absolute atomic E-state index is 0.770. The normalized spacial score (nSPS) is 18.1. The fraction of sp³-hybridized carbons (Fsp3) is 0.368. The van der Waals surface area contributed by atoms with Gasteiger partial charge in [0.2, 0.25) is 0 Å². The largest absolute Gasteiger partial charge is 0.497 e. The Morgan fingerprint density at radius 2 is 1.90 bits per heavy atom. The second-order valence-corrected chi connectivity index (χ2v) is 5.79. The molecule has 2 aromatic carbocycles. The molecule has 0 radical (unpaired) electrons. The monoisotopic (exact) mass is 266 g/mol. The standard InChI is InChI=1S/C19H22O/c1-20-19-11-10-18-13-16(8-5-9-17(18)14-19)12-15-6-3-2-4-7-15/h2-4,6-7,10-11,14,16H,5,8-9,12-13H2,1H3. The van der Waals surface area contributed by atoms with Crippen molar-refractivity contribution >= 4 is 0 Å². The van der Waals surface area contributed by atoms with Gasteiger partial charge in [0.25, 0.3) is 0 Å². The van der Waals surface area contributed by atoms with Gasteiger partial charge >= 0.3 is 0 Å². The molecule has 0 heterocycles. The predicted octanol–water partition coefficient (Wildman–Crippen LogP) is 4.43. The Hall–Kier alpha value is -1.76. The number of ether oxygens (including phenoxy) is 1. The Morgan fingerprint density at radius 1 is 1.05 bits per heavy atom. The highest BCUT2D eigenvalue weighted by Crippen LogP contribution is 2.29. The van der Waals surface area contributed by atoms with Gasteiger partial charge in [0.05, 0.1) is 7.11 Å². The third-order valence-corrected chi connectivity index (χ3v) is 4.35. The summed E-state index contributed by atoms with van der Waals surface area (Å²) in [6.45, 7) is 0. The second kappa shape index (κ2) is 6.13. The number of hydrogen-bond acceptors (Lipinski definition) is 1. The lowest BCUT2D eigenvalue weighted by Gasteiger charge is -2.15. The zero-order chi connectivity index (χ0) is 13.8. The van der Waals surface area contributed by atoms with Gasteiger partial charge in [0.15, 0.2) is 0 Å². The van der Waals surface area contributed by atoms with Crippen LogP contribution in [-0.2, 0) is 19.3 Å². The van der Waals surface area contributed by atoms with Gasteiger partial charge in [-0.15, -0.1) is 0 Å². The van der Waals surface area contributed by atoms with E-state index >= 15 is 0 Å². The molecule has 0 N–H and O–H groups in total. The first kappa shape index (κ1) is 13.2. The fourth-order valence-corrected chi connectivity index (χ4v) is 3.28. The summed E-state index contributed by atoms with van der Waals surface area (Å²) in [7, 11) is 1.75. The third kappa shape index (κ3) is 3.04. The van der Waals surface area contributed by atoms with Crippen molar-refractivity contribution in [2.45, 2.75) is 32.1 Å². The van der Waals surface area contributed by atoms with Crippen LogP contribution in [0.2, 0.25) is 0 Å². The van der Waals surface area contributed by atoms with Gasteiger partial charge in [0.1, 0.15) is 5.75 Å². The van der Waals surface area contributed by atoms with E-state index in [2.05, 4.69) is 48.5 Å². The number of hydrogen-bond donors (Lipinski definition) is 0. The molecule has 1 unspecified atom stereocenters. The summed E-state index contributed by atoms with van der Waals surface area (Å²) in [5, 5.41) is 0. The summed E-state index contributed by atoms with van der Waals surface area (Å²) < 4.78 is 5.34. The molecular weight excluding hydrogens is 244 g/mol. The number of fused-ring (bicyclic) bond motifs is 1. The van der Waals surface area contributed by atoms with Crippen LogP contribution in [0, 0.1) is 5.92 Å². The maximum absolute atomic E-state index is 5.34. The highest BCUT2D eigenvalue weighted by atomic mass is 16.5. The second-order valence-electron chi connectivity index (χ2n) is 5.79. The lowest BCUT2D eigenvalue weighted by molar-refractivity contribution is 0.414. The Labute approximate surface area is 121 Å². The third-order valence-electron chi connectivity index (χ3n) is 4.35. The molecule has 0 fully saturated rings. The fourth-order valence-electron chi connectivity index (χ4n) is 3.28. The average molecular weight is 266 g/mol. The Morgan fingerprint density at radius 3 is 2.70 bits per heavy atom. The molecule has 3 rings (SSSR count). The molecule has 1 atom stereocenters. The highest BCUT2D eigenvalue weighted by molar-refractivity contribution is 5.37. The molecule has 0 saturated carbocycles. The van der Waals surface area contributed by atoms with Crippen LogP contribution in [0.1, 0.15) is 29.5 Å². The van der Waals surface area contributed by atoms with E-state index < -0.39 is 0 Å². The Balaban J connectivity index is 1.76. The molecule has 0 amide bonds. The molecule has 0 spiro atoms. The summed E-state index contributed by atoms with van der Waals surface area (Å²) in [6.07, 6.45) is 6.21. The van der Waals surface area contributed by atoms with E-state index in [1.54, 1.807) is 7.11 Å². The number of aryl methyl sites for hydroxylation is 1. The van der Waals surface area contributed by atoms with Crippen LogP contribution in [-0.4, -0.2) is 7.11 Å². The molecule has 0 saturated heterocycles. The number of benzene rings is 2. The maximum Gasteiger partial charge on any atom is 0.119 e.